The SMILES string of the molecule is CCCn1ncc(C(=O)N2CCC[C@H]2c2nc(-c3ccncc3)no2)c1C. The lowest BCUT2D eigenvalue weighted by molar-refractivity contribution is 0.0709. The van der Waals surface area contributed by atoms with Crippen molar-refractivity contribution < 1.29 is 9.32 Å². The third-order valence-corrected chi connectivity index (χ3v) is 4.95. The monoisotopic (exact) mass is 366 g/mol. The van der Waals surface area contributed by atoms with Gasteiger partial charge in [-0.3, -0.25) is 14.5 Å². The first kappa shape index (κ1) is 17.4. The molecule has 4 rings (SSSR count). The fraction of sp³-hybridized carbons (Fsp3) is 0.421. The van der Waals surface area contributed by atoms with Crippen molar-refractivity contribution in [2.24, 2.45) is 0 Å². The quantitative estimate of drug-likeness (QED) is 0.689. The summed E-state index contributed by atoms with van der Waals surface area (Å²) in [7, 11) is 0. The molecule has 1 aliphatic heterocycles. The molecule has 0 spiro atoms. The summed E-state index contributed by atoms with van der Waals surface area (Å²) < 4.78 is 7.38. The van der Waals surface area contributed by atoms with Gasteiger partial charge in [-0.2, -0.15) is 10.1 Å². The largest absolute Gasteiger partial charge is 0.337 e. The van der Waals surface area contributed by atoms with E-state index in [-0.39, 0.29) is 11.9 Å². The van der Waals surface area contributed by atoms with Crippen molar-refractivity contribution in [3.63, 3.8) is 0 Å². The van der Waals surface area contributed by atoms with Crippen LogP contribution in [0.15, 0.2) is 35.2 Å². The van der Waals surface area contributed by atoms with Gasteiger partial charge in [-0.05, 0) is 38.3 Å². The van der Waals surface area contributed by atoms with Gasteiger partial charge in [0.2, 0.25) is 11.7 Å². The zero-order valence-electron chi connectivity index (χ0n) is 15.5. The molecule has 0 aromatic carbocycles. The number of carbonyl (C=O) groups is 1. The van der Waals surface area contributed by atoms with E-state index in [1.54, 1.807) is 18.6 Å². The van der Waals surface area contributed by atoms with E-state index in [0.717, 1.165) is 37.1 Å². The Kier molecular flexibility index (Phi) is 4.70. The first-order valence-electron chi connectivity index (χ1n) is 9.26. The smallest absolute Gasteiger partial charge is 0.258 e. The van der Waals surface area contributed by atoms with Gasteiger partial charge in [0.25, 0.3) is 5.91 Å². The van der Waals surface area contributed by atoms with Gasteiger partial charge < -0.3 is 9.42 Å². The third-order valence-electron chi connectivity index (χ3n) is 4.95. The number of pyridine rings is 1. The van der Waals surface area contributed by atoms with Crippen LogP contribution in [-0.2, 0) is 6.54 Å². The molecular weight excluding hydrogens is 344 g/mol. The summed E-state index contributed by atoms with van der Waals surface area (Å²) in [4.78, 5) is 23.5. The van der Waals surface area contributed by atoms with Crippen LogP contribution in [0.25, 0.3) is 11.4 Å². The number of amides is 1. The zero-order chi connectivity index (χ0) is 18.8. The number of aryl methyl sites for hydroxylation is 1. The van der Waals surface area contributed by atoms with Crippen molar-refractivity contribution in [3.8, 4) is 11.4 Å². The molecule has 140 valence electrons. The highest BCUT2D eigenvalue weighted by molar-refractivity contribution is 5.95. The minimum Gasteiger partial charge on any atom is -0.337 e. The van der Waals surface area contributed by atoms with Crippen molar-refractivity contribution in [1.29, 1.82) is 0 Å². The van der Waals surface area contributed by atoms with E-state index in [9.17, 15) is 4.79 Å². The molecule has 8 heteroatoms. The second-order valence-corrected chi connectivity index (χ2v) is 6.72. The van der Waals surface area contributed by atoms with Crippen molar-refractivity contribution in [2.75, 3.05) is 6.54 Å². The number of nitrogens with zero attached hydrogens (tertiary/aromatic N) is 6. The average Bonchev–Trinajstić information content (AvgIpc) is 3.42. The standard InChI is InChI=1S/C19H22N6O2/c1-3-10-25-13(2)15(12-21-25)19(26)24-11-4-5-16(24)18-22-17(23-27-18)14-6-8-20-9-7-14/h6-9,12,16H,3-5,10-11H2,1-2H3/t16-/m0/s1. The van der Waals surface area contributed by atoms with Crippen LogP contribution in [0.5, 0.6) is 0 Å². The summed E-state index contributed by atoms with van der Waals surface area (Å²) in [6.07, 6.45) is 7.74. The van der Waals surface area contributed by atoms with Crippen LogP contribution in [-0.4, -0.2) is 42.3 Å². The highest BCUT2D eigenvalue weighted by atomic mass is 16.5. The van der Waals surface area contributed by atoms with Crippen LogP contribution >= 0.6 is 0 Å². The Morgan fingerprint density at radius 3 is 2.93 bits per heavy atom. The number of carbonyl (C=O) groups excluding carboxylic acids is 1. The molecule has 1 aliphatic rings. The van der Waals surface area contributed by atoms with E-state index in [1.807, 2.05) is 28.6 Å². The minimum absolute atomic E-state index is 0.0268. The lowest BCUT2D eigenvalue weighted by Gasteiger charge is -2.21. The zero-order valence-corrected chi connectivity index (χ0v) is 15.5. The highest BCUT2D eigenvalue weighted by Crippen LogP contribution is 2.33. The first-order chi connectivity index (χ1) is 13.2. The maximum atomic E-state index is 13.1. The van der Waals surface area contributed by atoms with E-state index in [1.165, 1.54) is 0 Å². The van der Waals surface area contributed by atoms with Crippen LogP contribution in [0.1, 0.15) is 54.2 Å². The number of aromatic nitrogens is 5. The van der Waals surface area contributed by atoms with E-state index < -0.39 is 0 Å². The Morgan fingerprint density at radius 2 is 2.15 bits per heavy atom. The van der Waals surface area contributed by atoms with Crippen molar-refractivity contribution in [2.45, 2.75) is 45.7 Å². The third kappa shape index (κ3) is 3.22. The van der Waals surface area contributed by atoms with Gasteiger partial charge in [0, 0.05) is 36.7 Å². The van der Waals surface area contributed by atoms with Crippen molar-refractivity contribution in [1.82, 2.24) is 29.8 Å². The number of rotatable bonds is 5. The number of hydrogen-bond acceptors (Lipinski definition) is 6. The molecule has 0 radical (unpaired) electrons. The number of hydrogen-bond donors (Lipinski definition) is 0. The normalized spacial score (nSPS) is 16.8. The minimum atomic E-state index is -0.200. The fourth-order valence-electron chi connectivity index (χ4n) is 3.50. The van der Waals surface area contributed by atoms with E-state index >= 15 is 0 Å². The number of likely N-dealkylation sites (tertiary alicyclic amines) is 1. The maximum absolute atomic E-state index is 13.1. The Labute approximate surface area is 157 Å². The van der Waals surface area contributed by atoms with Crippen LogP contribution in [0.4, 0.5) is 0 Å². The van der Waals surface area contributed by atoms with Gasteiger partial charge in [0.15, 0.2) is 0 Å². The van der Waals surface area contributed by atoms with Gasteiger partial charge in [0.05, 0.1) is 11.8 Å². The van der Waals surface area contributed by atoms with E-state index in [0.29, 0.717) is 23.8 Å². The molecule has 0 N–H and O–H groups in total. The second-order valence-electron chi connectivity index (χ2n) is 6.72. The first-order valence-corrected chi connectivity index (χ1v) is 9.26. The molecule has 0 saturated carbocycles. The maximum Gasteiger partial charge on any atom is 0.258 e. The Hall–Kier alpha value is -3.03. The van der Waals surface area contributed by atoms with Gasteiger partial charge in [-0.25, -0.2) is 0 Å². The molecule has 1 saturated heterocycles. The van der Waals surface area contributed by atoms with Crippen LogP contribution in [0.3, 0.4) is 0 Å². The summed E-state index contributed by atoms with van der Waals surface area (Å²) in [5.41, 5.74) is 2.38. The summed E-state index contributed by atoms with van der Waals surface area (Å²) in [5.74, 6) is 0.964. The topological polar surface area (TPSA) is 89.9 Å². The predicted molar refractivity (Wildman–Crippen MR) is 97.8 cm³/mol. The van der Waals surface area contributed by atoms with Crippen molar-refractivity contribution >= 4 is 5.91 Å². The second kappa shape index (κ2) is 7.30. The van der Waals surface area contributed by atoms with Gasteiger partial charge in [-0.15, -0.1) is 0 Å². The van der Waals surface area contributed by atoms with Crippen LogP contribution in [0.2, 0.25) is 0 Å². The molecule has 27 heavy (non-hydrogen) atoms. The molecule has 0 unspecified atom stereocenters. The van der Waals surface area contributed by atoms with Gasteiger partial charge >= 0.3 is 0 Å². The van der Waals surface area contributed by atoms with Crippen LogP contribution < -0.4 is 0 Å². The molecule has 1 amide bonds. The predicted octanol–water partition coefficient (Wildman–Crippen LogP) is 3.02. The molecule has 3 aromatic rings. The highest BCUT2D eigenvalue weighted by Gasteiger charge is 2.35. The summed E-state index contributed by atoms with van der Waals surface area (Å²) in [6, 6.07) is 3.46. The summed E-state index contributed by atoms with van der Waals surface area (Å²) >= 11 is 0. The van der Waals surface area contributed by atoms with E-state index in [4.69, 9.17) is 4.52 Å². The van der Waals surface area contributed by atoms with Crippen LogP contribution in [0, 0.1) is 6.92 Å². The Balaban J connectivity index is 1.58. The summed E-state index contributed by atoms with van der Waals surface area (Å²) in [6.45, 7) is 5.51. The molecule has 1 fully saturated rings. The average molecular weight is 366 g/mol. The molecule has 1 atom stereocenters. The lowest BCUT2D eigenvalue weighted by atomic mass is 10.2. The molecule has 0 bridgehead atoms. The van der Waals surface area contributed by atoms with Gasteiger partial charge in [-0.1, -0.05) is 12.1 Å². The summed E-state index contributed by atoms with van der Waals surface area (Å²) in [5, 5.41) is 8.43. The van der Waals surface area contributed by atoms with Gasteiger partial charge in [0.1, 0.15) is 6.04 Å². The molecule has 4 heterocycles. The fourth-order valence-corrected chi connectivity index (χ4v) is 3.50. The lowest BCUT2D eigenvalue weighted by Crippen LogP contribution is -2.31. The molecule has 3 aromatic heterocycles. The molecule has 0 aliphatic carbocycles. The van der Waals surface area contributed by atoms with E-state index in [2.05, 4.69) is 27.1 Å². The van der Waals surface area contributed by atoms with Crippen molar-refractivity contribution in [3.05, 3.63) is 47.9 Å². The Bertz CT molecular complexity index is 933. The molecule has 8 nitrogen and oxygen atoms in total. The Morgan fingerprint density at radius 1 is 1.33 bits per heavy atom. The molecular formula is C19H22N6O2.